The van der Waals surface area contributed by atoms with E-state index in [1.54, 1.807) is 6.07 Å². The van der Waals surface area contributed by atoms with Gasteiger partial charge in [0.1, 0.15) is 35.6 Å². The fourth-order valence-electron chi connectivity index (χ4n) is 7.40. The molecule has 4 aliphatic carbocycles. The highest BCUT2D eigenvalue weighted by molar-refractivity contribution is 7.91. The molecular weight excluding hydrogens is 727 g/mol. The molecule has 16 heteroatoms. The number of alkyl carbamates (subject to hydrolysis) is 1. The van der Waals surface area contributed by atoms with E-state index in [-0.39, 0.29) is 31.4 Å². The van der Waals surface area contributed by atoms with Gasteiger partial charge in [-0.1, -0.05) is 57.2 Å². The summed E-state index contributed by atoms with van der Waals surface area (Å²) in [6, 6.07) is 9.22. The van der Waals surface area contributed by atoms with E-state index in [9.17, 15) is 27.6 Å². The second-order valence-corrected chi connectivity index (χ2v) is 18.6. The van der Waals surface area contributed by atoms with Gasteiger partial charge < -0.3 is 30.3 Å². The van der Waals surface area contributed by atoms with Gasteiger partial charge in [-0.2, -0.15) is 4.98 Å². The van der Waals surface area contributed by atoms with Gasteiger partial charge in [0.2, 0.25) is 27.7 Å². The lowest BCUT2D eigenvalue weighted by Gasteiger charge is -2.35. The van der Waals surface area contributed by atoms with Crippen LogP contribution >= 0.6 is 0 Å². The van der Waals surface area contributed by atoms with Crippen LogP contribution in [-0.4, -0.2) is 94.8 Å². The average molecular weight is 778 g/mol. The topological polar surface area (TPSA) is 198 Å². The zero-order chi connectivity index (χ0) is 39.1. The first-order valence-corrected chi connectivity index (χ1v) is 20.9. The minimum Gasteiger partial charge on any atom is -0.472 e. The fraction of sp³-hybridized carbons (Fsp3) is 0.590. The minimum atomic E-state index is -3.90. The SMILES string of the molecule is C=CC1C[C@]1(NC(=O)[C@@H]1C[C@@H](Oc2cc(NC3CC3)nc(-c3ccccc3)n2)CN1C(=O)[C@@H](NC(=O)OC1CCCC1)C(C)(C)C)C(=O)NS(=O)(=O)C1CC1. The number of amides is 4. The smallest absolute Gasteiger partial charge is 0.408 e. The Morgan fingerprint density at radius 3 is 2.33 bits per heavy atom. The number of hydrogen-bond acceptors (Lipinski definition) is 11. The Kier molecular flexibility index (Phi) is 10.6. The molecule has 0 spiro atoms. The van der Waals surface area contributed by atoms with Gasteiger partial charge in [0.15, 0.2) is 5.82 Å². The molecule has 2 aromatic rings. The quantitative estimate of drug-likeness (QED) is 0.204. The van der Waals surface area contributed by atoms with Gasteiger partial charge in [-0.3, -0.25) is 19.1 Å². The van der Waals surface area contributed by atoms with Crippen LogP contribution in [0.25, 0.3) is 11.4 Å². The van der Waals surface area contributed by atoms with E-state index in [2.05, 4.69) is 27.3 Å². The molecule has 4 saturated carbocycles. The Balaban J connectivity index is 1.16. The van der Waals surface area contributed by atoms with E-state index in [4.69, 9.17) is 19.4 Å². The van der Waals surface area contributed by atoms with Gasteiger partial charge >= 0.3 is 6.09 Å². The normalized spacial score (nSPS) is 25.7. The number of carbonyl (C=O) groups is 4. The Hall–Kier alpha value is -4.73. The lowest BCUT2D eigenvalue weighted by Crippen LogP contribution is -2.60. The second kappa shape index (κ2) is 15.1. The Morgan fingerprint density at radius 2 is 1.71 bits per heavy atom. The van der Waals surface area contributed by atoms with E-state index in [1.807, 2.05) is 51.1 Å². The van der Waals surface area contributed by atoms with Crippen molar-refractivity contribution in [3.8, 4) is 17.3 Å². The van der Waals surface area contributed by atoms with Crippen LogP contribution in [0.1, 0.15) is 85.0 Å². The molecule has 0 bridgehead atoms. The number of aromatic nitrogens is 2. The number of nitrogens with zero attached hydrogens (tertiary/aromatic N) is 3. The van der Waals surface area contributed by atoms with Crippen molar-refractivity contribution in [3.63, 3.8) is 0 Å². The van der Waals surface area contributed by atoms with Crippen LogP contribution in [0.2, 0.25) is 0 Å². The summed E-state index contributed by atoms with van der Waals surface area (Å²) in [7, 11) is -3.90. The van der Waals surface area contributed by atoms with Crippen LogP contribution in [-0.2, 0) is 29.1 Å². The van der Waals surface area contributed by atoms with Crippen molar-refractivity contribution >= 4 is 39.7 Å². The molecule has 5 fully saturated rings. The molecule has 0 radical (unpaired) electrons. The summed E-state index contributed by atoms with van der Waals surface area (Å²) < 4.78 is 39.8. The number of likely N-dealkylation sites (tertiary alicyclic amines) is 1. The molecular formula is C39H51N7O8S. The standard InChI is InChI=1S/C39H51N7O8S/c1-5-24-21-39(24,36(49)45-55(51,52)28-17-18-28)44-34(47)29-19-27(22-46(29)35(48)32(38(2,3)4)43-37(50)54-26-13-9-10-14-26)53-31-20-30(40-25-15-16-25)41-33(42-31)23-11-7-6-8-12-23/h5-8,11-12,20,24-29,32H,1,9-10,13-19,21-22H2,2-4H3,(H,43,50)(H,44,47)(H,45,49)(H,40,41,42)/t24?,27-,29+,32-,39-/m1/s1. The molecule has 7 rings (SSSR count). The van der Waals surface area contributed by atoms with Crippen LogP contribution in [0.4, 0.5) is 10.6 Å². The third kappa shape index (κ3) is 8.89. The van der Waals surface area contributed by atoms with Crippen molar-refractivity contribution in [3.05, 3.63) is 49.1 Å². The molecule has 296 valence electrons. The van der Waals surface area contributed by atoms with Crippen LogP contribution in [0.5, 0.6) is 5.88 Å². The highest BCUT2D eigenvalue weighted by Crippen LogP contribution is 2.45. The summed E-state index contributed by atoms with van der Waals surface area (Å²) >= 11 is 0. The van der Waals surface area contributed by atoms with E-state index in [0.717, 1.165) is 44.1 Å². The molecule has 5 aliphatic rings. The number of sulfonamides is 1. The zero-order valence-electron chi connectivity index (χ0n) is 31.6. The molecule has 1 aromatic heterocycles. The average Bonchev–Trinajstić information content (AvgIpc) is 4.09. The van der Waals surface area contributed by atoms with Crippen LogP contribution < -0.4 is 25.4 Å². The third-order valence-corrected chi connectivity index (χ3v) is 12.8. The molecule has 1 saturated heterocycles. The molecule has 1 aliphatic heterocycles. The summed E-state index contributed by atoms with van der Waals surface area (Å²) in [5, 5.41) is 8.35. The summed E-state index contributed by atoms with van der Waals surface area (Å²) in [5.74, 6) is -1.27. The lowest BCUT2D eigenvalue weighted by molar-refractivity contribution is -0.143. The summed E-state index contributed by atoms with van der Waals surface area (Å²) in [6.45, 7) is 9.17. The maximum absolute atomic E-state index is 14.6. The fourth-order valence-corrected chi connectivity index (χ4v) is 8.77. The van der Waals surface area contributed by atoms with Crippen molar-refractivity contribution in [2.24, 2.45) is 11.3 Å². The number of ether oxygens (including phenoxy) is 2. The van der Waals surface area contributed by atoms with Gasteiger partial charge in [0, 0.05) is 30.0 Å². The predicted molar refractivity (Wildman–Crippen MR) is 203 cm³/mol. The first-order valence-electron chi connectivity index (χ1n) is 19.3. The first-order chi connectivity index (χ1) is 26.1. The molecule has 4 amide bonds. The lowest BCUT2D eigenvalue weighted by atomic mass is 9.85. The number of carbonyl (C=O) groups excluding carboxylic acids is 4. The molecule has 4 N–H and O–H groups in total. The highest BCUT2D eigenvalue weighted by Gasteiger charge is 2.62. The van der Waals surface area contributed by atoms with Crippen LogP contribution in [0, 0.1) is 11.3 Å². The number of rotatable bonds is 14. The van der Waals surface area contributed by atoms with Gasteiger partial charge in [0.25, 0.3) is 5.91 Å². The van der Waals surface area contributed by atoms with E-state index in [0.29, 0.717) is 30.5 Å². The van der Waals surface area contributed by atoms with E-state index in [1.165, 1.54) is 11.0 Å². The first kappa shape index (κ1) is 38.5. The van der Waals surface area contributed by atoms with Crippen molar-refractivity contribution in [2.45, 2.75) is 126 Å². The minimum absolute atomic E-state index is 0.0217. The maximum Gasteiger partial charge on any atom is 0.408 e. The molecule has 1 aromatic carbocycles. The third-order valence-electron chi connectivity index (χ3n) is 11.0. The van der Waals surface area contributed by atoms with Gasteiger partial charge in [-0.25, -0.2) is 18.2 Å². The molecule has 15 nitrogen and oxygen atoms in total. The van der Waals surface area contributed by atoms with Crippen LogP contribution in [0.3, 0.4) is 0 Å². The predicted octanol–water partition coefficient (Wildman–Crippen LogP) is 3.82. The maximum atomic E-state index is 14.6. The van der Waals surface area contributed by atoms with Crippen molar-refractivity contribution < 1.29 is 37.1 Å². The van der Waals surface area contributed by atoms with Crippen LogP contribution in [0.15, 0.2) is 49.1 Å². The molecule has 55 heavy (non-hydrogen) atoms. The van der Waals surface area contributed by atoms with Crippen molar-refractivity contribution in [2.75, 3.05) is 11.9 Å². The second-order valence-electron chi connectivity index (χ2n) is 16.6. The molecule has 5 atom stereocenters. The van der Waals surface area contributed by atoms with Crippen molar-refractivity contribution in [1.29, 1.82) is 0 Å². The van der Waals surface area contributed by atoms with E-state index < -0.39 is 74.1 Å². The summed E-state index contributed by atoms with van der Waals surface area (Å²) in [4.78, 5) is 66.4. The van der Waals surface area contributed by atoms with E-state index >= 15 is 0 Å². The largest absolute Gasteiger partial charge is 0.472 e. The zero-order valence-corrected chi connectivity index (χ0v) is 32.4. The molecule has 2 heterocycles. The van der Waals surface area contributed by atoms with Gasteiger partial charge in [-0.15, -0.1) is 6.58 Å². The number of hydrogen-bond donors (Lipinski definition) is 4. The highest BCUT2D eigenvalue weighted by atomic mass is 32.2. The summed E-state index contributed by atoms with van der Waals surface area (Å²) in [6.07, 6.45) is 6.40. The Bertz CT molecular complexity index is 1920. The number of nitrogens with one attached hydrogen (secondary N) is 4. The Labute approximate surface area is 321 Å². The number of anilines is 1. The van der Waals surface area contributed by atoms with Gasteiger partial charge in [-0.05, 0) is 63.2 Å². The van der Waals surface area contributed by atoms with Crippen molar-refractivity contribution in [1.82, 2.24) is 30.2 Å². The number of benzene rings is 1. The summed E-state index contributed by atoms with van der Waals surface area (Å²) in [5.41, 5.74) is -1.57. The molecule has 1 unspecified atom stereocenters. The van der Waals surface area contributed by atoms with Gasteiger partial charge in [0.05, 0.1) is 11.8 Å². The Morgan fingerprint density at radius 1 is 1.00 bits per heavy atom. The monoisotopic (exact) mass is 777 g/mol.